The molecule has 0 aromatic carbocycles. The number of aliphatic hydroxyl groups is 1. The predicted octanol–water partition coefficient (Wildman–Crippen LogP) is 1.20. The molecule has 0 aromatic rings. The van der Waals surface area contributed by atoms with Crippen LogP contribution in [-0.2, 0) is 4.79 Å². The van der Waals surface area contributed by atoms with Crippen molar-refractivity contribution in [3.8, 4) is 6.07 Å². The van der Waals surface area contributed by atoms with Gasteiger partial charge in [0.25, 0.3) is 0 Å². The zero-order chi connectivity index (χ0) is 15.0. The van der Waals surface area contributed by atoms with Gasteiger partial charge in [-0.15, -0.1) is 6.58 Å². The SMILES string of the molecule is C=CCC(O)(CC)CCNCC(=O)N1CCCC1C#N. The predicted molar refractivity (Wildman–Crippen MR) is 77.9 cm³/mol. The Balaban J connectivity index is 2.29. The molecule has 0 radical (unpaired) electrons. The van der Waals surface area contributed by atoms with Crippen LogP contribution in [-0.4, -0.2) is 47.2 Å². The standard InChI is InChI=1S/C15H25N3O2/c1-3-7-15(20,4-2)8-9-17-12-14(19)18-10-5-6-13(18)11-16/h3,13,17,20H,1,4-10,12H2,2H3. The second kappa shape index (κ2) is 8.03. The molecule has 20 heavy (non-hydrogen) atoms. The van der Waals surface area contributed by atoms with E-state index < -0.39 is 5.60 Å². The minimum Gasteiger partial charge on any atom is -0.390 e. The van der Waals surface area contributed by atoms with Gasteiger partial charge in [0.05, 0.1) is 18.2 Å². The molecule has 1 aliphatic rings. The van der Waals surface area contributed by atoms with Crippen molar-refractivity contribution in [2.24, 2.45) is 0 Å². The van der Waals surface area contributed by atoms with Gasteiger partial charge in [-0.05, 0) is 38.6 Å². The van der Waals surface area contributed by atoms with Crippen molar-refractivity contribution >= 4 is 5.91 Å². The second-order valence-corrected chi connectivity index (χ2v) is 5.37. The maximum absolute atomic E-state index is 12.0. The van der Waals surface area contributed by atoms with Crippen molar-refractivity contribution in [2.45, 2.75) is 50.7 Å². The smallest absolute Gasteiger partial charge is 0.237 e. The van der Waals surface area contributed by atoms with Gasteiger partial charge >= 0.3 is 0 Å². The minimum absolute atomic E-state index is 0.0298. The van der Waals surface area contributed by atoms with Crippen LogP contribution >= 0.6 is 0 Å². The summed E-state index contributed by atoms with van der Waals surface area (Å²) in [4.78, 5) is 13.6. The monoisotopic (exact) mass is 279 g/mol. The van der Waals surface area contributed by atoms with E-state index in [-0.39, 0.29) is 18.5 Å². The number of nitriles is 1. The largest absolute Gasteiger partial charge is 0.390 e. The molecule has 5 nitrogen and oxygen atoms in total. The quantitative estimate of drug-likeness (QED) is 0.517. The molecular formula is C15H25N3O2. The number of nitrogens with zero attached hydrogens (tertiary/aromatic N) is 2. The number of amides is 1. The molecule has 0 bridgehead atoms. The average Bonchev–Trinajstić information content (AvgIpc) is 2.92. The average molecular weight is 279 g/mol. The van der Waals surface area contributed by atoms with E-state index in [0.717, 1.165) is 12.8 Å². The van der Waals surface area contributed by atoms with Gasteiger partial charge < -0.3 is 15.3 Å². The van der Waals surface area contributed by atoms with E-state index in [1.165, 1.54) is 0 Å². The molecule has 112 valence electrons. The molecule has 2 unspecified atom stereocenters. The van der Waals surface area contributed by atoms with E-state index in [1.54, 1.807) is 11.0 Å². The first-order valence-electron chi connectivity index (χ1n) is 7.29. The Kier molecular flexibility index (Phi) is 6.69. The fraction of sp³-hybridized carbons (Fsp3) is 0.733. The van der Waals surface area contributed by atoms with Gasteiger partial charge in [0.15, 0.2) is 0 Å². The van der Waals surface area contributed by atoms with E-state index in [2.05, 4.69) is 18.0 Å². The topological polar surface area (TPSA) is 76.4 Å². The minimum atomic E-state index is -0.735. The number of likely N-dealkylation sites (tertiary alicyclic amines) is 1. The van der Waals surface area contributed by atoms with Crippen molar-refractivity contribution in [1.82, 2.24) is 10.2 Å². The molecule has 0 aliphatic carbocycles. The number of hydrogen-bond donors (Lipinski definition) is 2. The number of nitrogens with one attached hydrogen (secondary N) is 1. The van der Waals surface area contributed by atoms with E-state index in [9.17, 15) is 9.90 Å². The van der Waals surface area contributed by atoms with Gasteiger partial charge in [-0.25, -0.2) is 0 Å². The van der Waals surface area contributed by atoms with Gasteiger partial charge in [0.1, 0.15) is 6.04 Å². The number of carbonyl (C=O) groups excluding carboxylic acids is 1. The third-order valence-corrected chi connectivity index (χ3v) is 3.95. The van der Waals surface area contributed by atoms with Crippen molar-refractivity contribution in [2.75, 3.05) is 19.6 Å². The Hall–Kier alpha value is -1.38. The summed E-state index contributed by atoms with van der Waals surface area (Å²) in [5, 5.41) is 22.2. The number of rotatable bonds is 8. The highest BCUT2D eigenvalue weighted by Gasteiger charge is 2.28. The van der Waals surface area contributed by atoms with Crippen LogP contribution in [0.4, 0.5) is 0 Å². The highest BCUT2D eigenvalue weighted by molar-refractivity contribution is 5.79. The molecular weight excluding hydrogens is 254 g/mol. The molecule has 0 aromatic heterocycles. The molecule has 1 aliphatic heterocycles. The molecule has 5 heteroatoms. The molecule has 1 fully saturated rings. The summed E-state index contributed by atoms with van der Waals surface area (Å²) >= 11 is 0. The van der Waals surface area contributed by atoms with Crippen molar-refractivity contribution in [1.29, 1.82) is 5.26 Å². The molecule has 1 amide bonds. The number of hydrogen-bond acceptors (Lipinski definition) is 4. The second-order valence-electron chi connectivity index (χ2n) is 5.37. The van der Waals surface area contributed by atoms with Crippen LogP contribution in [0.5, 0.6) is 0 Å². The lowest BCUT2D eigenvalue weighted by atomic mass is 9.93. The normalized spacial score (nSPS) is 21.2. The summed E-state index contributed by atoms with van der Waals surface area (Å²) in [6.07, 6.45) is 5.20. The third kappa shape index (κ3) is 4.62. The van der Waals surface area contributed by atoms with Crippen LogP contribution in [0.1, 0.15) is 39.0 Å². The van der Waals surface area contributed by atoms with Crippen LogP contribution in [0.25, 0.3) is 0 Å². The zero-order valence-electron chi connectivity index (χ0n) is 12.3. The third-order valence-electron chi connectivity index (χ3n) is 3.95. The van der Waals surface area contributed by atoms with Crippen molar-refractivity contribution < 1.29 is 9.90 Å². The fourth-order valence-electron chi connectivity index (χ4n) is 2.51. The first-order chi connectivity index (χ1) is 9.56. The van der Waals surface area contributed by atoms with E-state index in [0.29, 0.717) is 32.4 Å². The Morgan fingerprint density at radius 2 is 2.45 bits per heavy atom. The lowest BCUT2D eigenvalue weighted by Crippen LogP contribution is -2.41. The maximum Gasteiger partial charge on any atom is 0.237 e. The molecule has 1 heterocycles. The Morgan fingerprint density at radius 1 is 1.70 bits per heavy atom. The van der Waals surface area contributed by atoms with Crippen LogP contribution in [0.3, 0.4) is 0 Å². The summed E-state index contributed by atoms with van der Waals surface area (Å²) in [6.45, 7) is 7.07. The summed E-state index contributed by atoms with van der Waals surface area (Å²) < 4.78 is 0. The Labute approximate surface area is 121 Å². The molecule has 2 atom stereocenters. The van der Waals surface area contributed by atoms with Gasteiger partial charge in [0.2, 0.25) is 5.91 Å². The highest BCUT2D eigenvalue weighted by atomic mass is 16.3. The molecule has 1 rings (SSSR count). The number of carbonyl (C=O) groups is 1. The summed E-state index contributed by atoms with van der Waals surface area (Å²) in [6, 6.07) is 1.90. The van der Waals surface area contributed by atoms with E-state index in [4.69, 9.17) is 5.26 Å². The maximum atomic E-state index is 12.0. The Bertz CT molecular complexity index is 378. The van der Waals surface area contributed by atoms with E-state index >= 15 is 0 Å². The first-order valence-corrected chi connectivity index (χ1v) is 7.29. The molecule has 2 N–H and O–H groups in total. The van der Waals surface area contributed by atoms with Crippen LogP contribution in [0, 0.1) is 11.3 Å². The summed E-state index contributed by atoms with van der Waals surface area (Å²) in [5.74, 6) is -0.0298. The molecule has 0 saturated carbocycles. The van der Waals surface area contributed by atoms with E-state index in [1.807, 2.05) is 6.92 Å². The van der Waals surface area contributed by atoms with Crippen molar-refractivity contribution in [3.63, 3.8) is 0 Å². The van der Waals surface area contributed by atoms with Gasteiger partial charge in [-0.3, -0.25) is 4.79 Å². The highest BCUT2D eigenvalue weighted by Crippen LogP contribution is 2.19. The van der Waals surface area contributed by atoms with Crippen molar-refractivity contribution in [3.05, 3.63) is 12.7 Å². The Morgan fingerprint density at radius 3 is 3.05 bits per heavy atom. The zero-order valence-corrected chi connectivity index (χ0v) is 12.3. The van der Waals surface area contributed by atoms with Crippen LogP contribution < -0.4 is 5.32 Å². The van der Waals surface area contributed by atoms with Gasteiger partial charge in [0, 0.05) is 6.54 Å². The molecule has 0 spiro atoms. The van der Waals surface area contributed by atoms with Gasteiger partial charge in [-0.1, -0.05) is 13.0 Å². The van der Waals surface area contributed by atoms with Gasteiger partial charge in [-0.2, -0.15) is 5.26 Å². The summed E-state index contributed by atoms with van der Waals surface area (Å²) in [7, 11) is 0. The van der Waals surface area contributed by atoms with Crippen LogP contribution in [0.2, 0.25) is 0 Å². The lowest BCUT2D eigenvalue weighted by molar-refractivity contribution is -0.130. The summed E-state index contributed by atoms with van der Waals surface area (Å²) in [5.41, 5.74) is -0.735. The fourth-order valence-corrected chi connectivity index (χ4v) is 2.51. The molecule has 1 saturated heterocycles. The van der Waals surface area contributed by atoms with Crippen LogP contribution in [0.15, 0.2) is 12.7 Å². The first kappa shape index (κ1) is 16.7. The lowest BCUT2D eigenvalue weighted by Gasteiger charge is -2.26.